The van der Waals surface area contributed by atoms with Crippen molar-refractivity contribution in [2.45, 2.75) is 32.8 Å². The molecule has 19 heavy (non-hydrogen) atoms. The summed E-state index contributed by atoms with van der Waals surface area (Å²) in [5.41, 5.74) is -0.370. The molecule has 106 valence electrons. The summed E-state index contributed by atoms with van der Waals surface area (Å²) in [6.45, 7) is 7.48. The maximum absolute atomic E-state index is 12.7. The van der Waals surface area contributed by atoms with Crippen LogP contribution in [0.4, 0.5) is 0 Å². The second-order valence-corrected chi connectivity index (χ2v) is 6.00. The van der Waals surface area contributed by atoms with Gasteiger partial charge in [0.05, 0.1) is 19.2 Å². The predicted molar refractivity (Wildman–Crippen MR) is 71.3 cm³/mol. The molecule has 2 heterocycles. The minimum Gasteiger partial charge on any atom is -0.360 e. The molecular formula is C14H23N3O2. The molecule has 2 aliphatic rings. The molecule has 5 heteroatoms. The van der Waals surface area contributed by atoms with Gasteiger partial charge in [0, 0.05) is 12.0 Å². The zero-order chi connectivity index (χ0) is 13.9. The minimum absolute atomic E-state index is 0.157. The summed E-state index contributed by atoms with van der Waals surface area (Å²) in [4.78, 5) is 14.5. The molecule has 0 aromatic carbocycles. The zero-order valence-electron chi connectivity index (χ0n) is 11.8. The molecule has 1 amide bonds. The minimum atomic E-state index is -0.474. The summed E-state index contributed by atoms with van der Waals surface area (Å²) in [5, 5.41) is 12.3. The molecular weight excluding hydrogens is 242 g/mol. The number of rotatable bonds is 2. The van der Waals surface area contributed by atoms with Crippen LogP contribution >= 0.6 is 0 Å². The molecule has 0 aliphatic carbocycles. The smallest absolute Gasteiger partial charge is 0.228 e. The standard InChI is InChI=1S/C14H23N3O2/c1-14(2,11-4-3-5-16-9-11)13(18)17-6-7-19-12(8-15)10-17/h11-12,16H,3-7,9-10H2,1-2H3. The van der Waals surface area contributed by atoms with Crippen molar-refractivity contribution < 1.29 is 9.53 Å². The van der Waals surface area contributed by atoms with Crippen LogP contribution < -0.4 is 5.32 Å². The zero-order valence-corrected chi connectivity index (χ0v) is 11.8. The van der Waals surface area contributed by atoms with E-state index >= 15 is 0 Å². The van der Waals surface area contributed by atoms with Crippen LogP contribution in [0.1, 0.15) is 26.7 Å². The van der Waals surface area contributed by atoms with E-state index in [-0.39, 0.29) is 11.3 Å². The van der Waals surface area contributed by atoms with E-state index in [0.717, 1.165) is 25.9 Å². The fourth-order valence-electron chi connectivity index (χ4n) is 2.96. The number of nitrogens with one attached hydrogen (secondary N) is 1. The Labute approximate surface area is 114 Å². The lowest BCUT2D eigenvalue weighted by molar-refractivity contribution is -0.149. The lowest BCUT2D eigenvalue weighted by Gasteiger charge is -2.41. The Kier molecular flexibility index (Phi) is 4.43. The highest BCUT2D eigenvalue weighted by Gasteiger charge is 2.41. The lowest BCUT2D eigenvalue weighted by Crippen LogP contribution is -2.53. The van der Waals surface area contributed by atoms with Crippen LogP contribution in [0, 0.1) is 22.7 Å². The van der Waals surface area contributed by atoms with Crippen LogP contribution in [0.3, 0.4) is 0 Å². The van der Waals surface area contributed by atoms with Gasteiger partial charge in [-0.2, -0.15) is 5.26 Å². The molecule has 2 rings (SSSR count). The first kappa shape index (κ1) is 14.3. The van der Waals surface area contributed by atoms with Crippen LogP contribution in [0.25, 0.3) is 0 Å². The second-order valence-electron chi connectivity index (χ2n) is 6.00. The molecule has 0 aromatic heterocycles. The number of nitriles is 1. The molecule has 0 saturated carbocycles. The predicted octanol–water partition coefficient (Wildman–Crippen LogP) is 0.763. The highest BCUT2D eigenvalue weighted by atomic mass is 16.5. The van der Waals surface area contributed by atoms with Gasteiger partial charge in [0.1, 0.15) is 0 Å². The number of carbonyl (C=O) groups is 1. The quantitative estimate of drug-likeness (QED) is 0.800. The summed E-state index contributed by atoms with van der Waals surface area (Å²) in [6.07, 6.45) is 1.75. The fraction of sp³-hybridized carbons (Fsp3) is 0.857. The van der Waals surface area contributed by atoms with Gasteiger partial charge in [-0.1, -0.05) is 13.8 Å². The average molecular weight is 265 g/mol. The molecule has 2 atom stereocenters. The van der Waals surface area contributed by atoms with Crippen molar-refractivity contribution in [2.24, 2.45) is 11.3 Å². The van der Waals surface area contributed by atoms with E-state index in [1.807, 2.05) is 13.8 Å². The van der Waals surface area contributed by atoms with Crippen LogP contribution in [-0.4, -0.2) is 49.7 Å². The number of hydrogen-bond acceptors (Lipinski definition) is 4. The second kappa shape index (κ2) is 5.89. The van der Waals surface area contributed by atoms with E-state index in [2.05, 4.69) is 11.4 Å². The van der Waals surface area contributed by atoms with Crippen LogP contribution in [0.15, 0.2) is 0 Å². The van der Waals surface area contributed by atoms with E-state index in [0.29, 0.717) is 25.6 Å². The van der Waals surface area contributed by atoms with Crippen molar-refractivity contribution in [3.63, 3.8) is 0 Å². The van der Waals surface area contributed by atoms with Gasteiger partial charge in [0.15, 0.2) is 6.10 Å². The molecule has 5 nitrogen and oxygen atoms in total. The molecule has 0 spiro atoms. The van der Waals surface area contributed by atoms with Gasteiger partial charge in [-0.05, 0) is 31.8 Å². The van der Waals surface area contributed by atoms with Gasteiger partial charge >= 0.3 is 0 Å². The van der Waals surface area contributed by atoms with Crippen molar-refractivity contribution in [1.29, 1.82) is 5.26 Å². The Morgan fingerprint density at radius 1 is 1.53 bits per heavy atom. The van der Waals surface area contributed by atoms with Gasteiger partial charge in [0.2, 0.25) is 5.91 Å². The maximum Gasteiger partial charge on any atom is 0.228 e. The van der Waals surface area contributed by atoms with Crippen LogP contribution in [-0.2, 0) is 9.53 Å². The van der Waals surface area contributed by atoms with Gasteiger partial charge < -0.3 is 15.0 Å². The third-order valence-corrected chi connectivity index (χ3v) is 4.37. The van der Waals surface area contributed by atoms with Gasteiger partial charge in [0.25, 0.3) is 0 Å². The topological polar surface area (TPSA) is 65.4 Å². The molecule has 0 bridgehead atoms. The Morgan fingerprint density at radius 3 is 2.95 bits per heavy atom. The Morgan fingerprint density at radius 2 is 2.32 bits per heavy atom. The third-order valence-electron chi connectivity index (χ3n) is 4.37. The Balaban J connectivity index is 2.02. The number of piperidine rings is 1. The van der Waals surface area contributed by atoms with E-state index < -0.39 is 6.10 Å². The molecule has 0 aromatic rings. The Bertz CT molecular complexity index is 369. The normalized spacial score (nSPS) is 28.8. The highest BCUT2D eigenvalue weighted by molar-refractivity contribution is 5.82. The van der Waals surface area contributed by atoms with Crippen LogP contribution in [0.2, 0.25) is 0 Å². The first-order chi connectivity index (χ1) is 9.05. The fourth-order valence-corrected chi connectivity index (χ4v) is 2.96. The average Bonchev–Trinajstić information content (AvgIpc) is 2.47. The lowest BCUT2D eigenvalue weighted by atomic mass is 9.74. The summed E-state index contributed by atoms with van der Waals surface area (Å²) in [6, 6.07) is 2.09. The SMILES string of the molecule is CC(C)(C(=O)N1CCOC(C#N)C1)C1CCCNC1. The number of carbonyl (C=O) groups excluding carboxylic acids is 1. The number of morpholine rings is 1. The molecule has 2 aliphatic heterocycles. The monoisotopic (exact) mass is 265 g/mol. The van der Waals surface area contributed by atoms with Gasteiger partial charge in [-0.25, -0.2) is 0 Å². The summed E-state index contributed by atoms with van der Waals surface area (Å²) in [5.74, 6) is 0.530. The summed E-state index contributed by atoms with van der Waals surface area (Å²) < 4.78 is 5.30. The first-order valence-corrected chi connectivity index (χ1v) is 7.07. The van der Waals surface area contributed by atoms with Gasteiger partial charge in [-0.3, -0.25) is 4.79 Å². The van der Waals surface area contributed by atoms with Crippen LogP contribution in [0.5, 0.6) is 0 Å². The van der Waals surface area contributed by atoms with E-state index in [1.165, 1.54) is 0 Å². The van der Waals surface area contributed by atoms with Crippen molar-refractivity contribution in [1.82, 2.24) is 10.2 Å². The van der Waals surface area contributed by atoms with Crippen molar-refractivity contribution in [3.05, 3.63) is 0 Å². The largest absolute Gasteiger partial charge is 0.360 e. The molecule has 1 N–H and O–H groups in total. The summed E-state index contributed by atoms with van der Waals surface area (Å²) in [7, 11) is 0. The number of hydrogen-bond donors (Lipinski definition) is 1. The maximum atomic E-state index is 12.7. The van der Waals surface area contributed by atoms with E-state index in [9.17, 15) is 4.79 Å². The van der Waals surface area contributed by atoms with Crippen molar-refractivity contribution in [2.75, 3.05) is 32.8 Å². The molecule has 2 saturated heterocycles. The molecule has 0 radical (unpaired) electrons. The van der Waals surface area contributed by atoms with Crippen molar-refractivity contribution in [3.8, 4) is 6.07 Å². The molecule has 2 unspecified atom stereocenters. The first-order valence-electron chi connectivity index (χ1n) is 7.07. The van der Waals surface area contributed by atoms with Crippen molar-refractivity contribution >= 4 is 5.91 Å². The van der Waals surface area contributed by atoms with E-state index in [1.54, 1.807) is 4.90 Å². The third kappa shape index (κ3) is 3.07. The van der Waals surface area contributed by atoms with E-state index in [4.69, 9.17) is 10.00 Å². The Hall–Kier alpha value is -1.12. The number of nitrogens with zero attached hydrogens (tertiary/aromatic N) is 2. The highest BCUT2D eigenvalue weighted by Crippen LogP contribution is 2.34. The van der Waals surface area contributed by atoms with Gasteiger partial charge in [-0.15, -0.1) is 0 Å². The summed E-state index contributed by atoms with van der Waals surface area (Å²) >= 11 is 0. The molecule has 2 fully saturated rings. The number of amides is 1. The number of ether oxygens (including phenoxy) is 1.